The highest BCUT2D eigenvalue weighted by Gasteiger charge is 2.33. The molecule has 1 amide bonds. The average molecular weight is 273 g/mol. The van der Waals surface area contributed by atoms with Gasteiger partial charge in [-0.25, -0.2) is 5.43 Å². The molecule has 1 N–H and O–H groups in total. The second kappa shape index (κ2) is 6.28. The molecular formula is C14H15N3O3. The van der Waals surface area contributed by atoms with Gasteiger partial charge in [-0.1, -0.05) is 12.1 Å². The molecule has 1 aromatic carbocycles. The van der Waals surface area contributed by atoms with Crippen molar-refractivity contribution in [3.63, 3.8) is 0 Å². The van der Waals surface area contributed by atoms with Crippen LogP contribution in [0.4, 0.5) is 0 Å². The molecule has 6 nitrogen and oxygen atoms in total. The van der Waals surface area contributed by atoms with E-state index in [9.17, 15) is 4.79 Å². The summed E-state index contributed by atoms with van der Waals surface area (Å²) in [7, 11) is 0. The first-order valence-corrected chi connectivity index (χ1v) is 6.21. The number of amides is 1. The molecule has 6 heteroatoms. The first-order valence-electron chi connectivity index (χ1n) is 6.21. The summed E-state index contributed by atoms with van der Waals surface area (Å²) in [4.78, 5) is 11.7. The third-order valence-corrected chi connectivity index (χ3v) is 2.82. The molecule has 0 atom stereocenters. The van der Waals surface area contributed by atoms with Crippen LogP contribution in [0.15, 0.2) is 29.4 Å². The van der Waals surface area contributed by atoms with E-state index in [-0.39, 0.29) is 12.3 Å². The Morgan fingerprint density at radius 3 is 2.70 bits per heavy atom. The van der Waals surface area contributed by atoms with Crippen molar-refractivity contribution in [2.24, 2.45) is 5.10 Å². The molecule has 2 rings (SSSR count). The van der Waals surface area contributed by atoms with Gasteiger partial charge in [0.25, 0.3) is 0 Å². The van der Waals surface area contributed by atoms with Crippen LogP contribution in [0, 0.1) is 11.3 Å². The number of rotatable bonds is 4. The third kappa shape index (κ3) is 3.88. The molecule has 1 aliphatic rings. The average Bonchev–Trinajstić information content (AvgIpc) is 2.86. The lowest BCUT2D eigenvalue weighted by Gasteiger charge is -2.20. The van der Waals surface area contributed by atoms with Crippen molar-refractivity contribution in [3.8, 4) is 6.07 Å². The van der Waals surface area contributed by atoms with Crippen LogP contribution in [0.3, 0.4) is 0 Å². The predicted molar refractivity (Wildman–Crippen MR) is 71.8 cm³/mol. The third-order valence-electron chi connectivity index (χ3n) is 2.82. The Balaban J connectivity index is 1.83. The molecule has 0 aromatic heterocycles. The summed E-state index contributed by atoms with van der Waals surface area (Å²) in [5.41, 5.74) is 3.79. The second-order valence-electron chi connectivity index (χ2n) is 4.53. The lowest BCUT2D eigenvalue weighted by atomic mass is 10.2. The topological polar surface area (TPSA) is 83.7 Å². The molecule has 1 heterocycles. The molecule has 0 aliphatic carbocycles. The minimum atomic E-state index is -0.853. The van der Waals surface area contributed by atoms with E-state index in [4.69, 9.17) is 14.7 Å². The monoisotopic (exact) mass is 273 g/mol. The molecule has 20 heavy (non-hydrogen) atoms. The number of ether oxygens (including phenoxy) is 2. The first kappa shape index (κ1) is 14.2. The first-order chi connectivity index (χ1) is 9.61. The molecule has 1 aliphatic heterocycles. The molecular weight excluding hydrogens is 258 g/mol. The summed E-state index contributed by atoms with van der Waals surface area (Å²) in [5.74, 6) is -1.13. The molecule has 1 saturated heterocycles. The number of carbonyl (C=O) groups is 1. The number of hydrogen-bond acceptors (Lipinski definition) is 5. The largest absolute Gasteiger partial charge is 0.347 e. The van der Waals surface area contributed by atoms with Gasteiger partial charge in [0.2, 0.25) is 5.91 Å². The maximum absolute atomic E-state index is 11.7. The highest BCUT2D eigenvalue weighted by atomic mass is 16.7. The minimum absolute atomic E-state index is 0.0950. The van der Waals surface area contributed by atoms with Gasteiger partial charge in [-0.3, -0.25) is 4.79 Å². The standard InChI is InChI=1S/C14H15N3O3/c1-14(19-6-7-20-14)8-13(18)17-16-10-12-4-2-11(9-15)3-5-12/h2-5,10H,6-8H2,1H3,(H,17,18)/b16-10-. The van der Waals surface area contributed by atoms with E-state index in [1.807, 2.05) is 6.07 Å². The van der Waals surface area contributed by atoms with Gasteiger partial charge in [0.05, 0.1) is 37.5 Å². The van der Waals surface area contributed by atoms with E-state index in [1.165, 1.54) is 6.21 Å². The highest BCUT2D eigenvalue weighted by Crippen LogP contribution is 2.22. The summed E-state index contributed by atoms with van der Waals surface area (Å²) >= 11 is 0. The Kier molecular flexibility index (Phi) is 4.45. The number of nitriles is 1. The van der Waals surface area contributed by atoms with Crippen LogP contribution in [-0.4, -0.2) is 31.1 Å². The molecule has 1 aromatic rings. The lowest BCUT2D eigenvalue weighted by Crippen LogP contribution is -2.33. The second-order valence-corrected chi connectivity index (χ2v) is 4.53. The van der Waals surface area contributed by atoms with Crippen LogP contribution in [0.25, 0.3) is 0 Å². The van der Waals surface area contributed by atoms with E-state index in [1.54, 1.807) is 31.2 Å². The van der Waals surface area contributed by atoms with Gasteiger partial charge in [0.1, 0.15) is 0 Å². The Morgan fingerprint density at radius 1 is 1.45 bits per heavy atom. The van der Waals surface area contributed by atoms with Gasteiger partial charge in [0.15, 0.2) is 5.79 Å². The Bertz CT molecular complexity index is 540. The summed E-state index contributed by atoms with van der Waals surface area (Å²) in [6.45, 7) is 2.72. The van der Waals surface area contributed by atoms with Gasteiger partial charge in [0, 0.05) is 0 Å². The summed E-state index contributed by atoms with van der Waals surface area (Å²) < 4.78 is 10.7. The van der Waals surface area contributed by atoms with E-state index >= 15 is 0 Å². The molecule has 0 bridgehead atoms. The normalized spacial score (nSPS) is 17.0. The molecule has 1 fully saturated rings. The van der Waals surface area contributed by atoms with Gasteiger partial charge >= 0.3 is 0 Å². The fourth-order valence-corrected chi connectivity index (χ4v) is 1.81. The summed E-state index contributed by atoms with van der Waals surface area (Å²) in [5, 5.41) is 12.5. The SMILES string of the molecule is CC1(CC(=O)N/N=C\c2ccc(C#N)cc2)OCCO1. The smallest absolute Gasteiger partial charge is 0.245 e. The number of hydrazone groups is 1. The van der Waals surface area contributed by atoms with Crippen molar-refractivity contribution >= 4 is 12.1 Å². The number of nitrogens with one attached hydrogen (secondary N) is 1. The van der Waals surface area contributed by atoms with Crippen LogP contribution in [0.2, 0.25) is 0 Å². The van der Waals surface area contributed by atoms with Crippen molar-refractivity contribution in [2.45, 2.75) is 19.1 Å². The Labute approximate surface area is 117 Å². The zero-order valence-electron chi connectivity index (χ0n) is 11.1. The van der Waals surface area contributed by atoms with Crippen molar-refractivity contribution in [1.82, 2.24) is 5.43 Å². The number of carbonyl (C=O) groups excluding carboxylic acids is 1. The zero-order valence-corrected chi connectivity index (χ0v) is 11.1. The van der Waals surface area contributed by atoms with E-state index in [0.29, 0.717) is 18.8 Å². The van der Waals surface area contributed by atoms with Gasteiger partial charge in [-0.15, -0.1) is 0 Å². The minimum Gasteiger partial charge on any atom is -0.347 e. The number of hydrogen-bond donors (Lipinski definition) is 1. The molecule has 0 unspecified atom stereocenters. The van der Waals surface area contributed by atoms with Gasteiger partial charge in [-0.2, -0.15) is 10.4 Å². The maximum Gasteiger partial charge on any atom is 0.245 e. The van der Waals surface area contributed by atoms with Crippen LogP contribution in [-0.2, 0) is 14.3 Å². The molecule has 0 saturated carbocycles. The lowest BCUT2D eigenvalue weighted by molar-refractivity contribution is -0.159. The number of benzene rings is 1. The van der Waals surface area contributed by atoms with Crippen LogP contribution >= 0.6 is 0 Å². The quantitative estimate of drug-likeness (QED) is 0.659. The van der Waals surface area contributed by atoms with Crippen molar-refractivity contribution < 1.29 is 14.3 Å². The van der Waals surface area contributed by atoms with Crippen molar-refractivity contribution in [1.29, 1.82) is 5.26 Å². The highest BCUT2D eigenvalue weighted by molar-refractivity contribution is 5.82. The van der Waals surface area contributed by atoms with Crippen molar-refractivity contribution in [2.75, 3.05) is 13.2 Å². The fourth-order valence-electron chi connectivity index (χ4n) is 1.81. The fraction of sp³-hybridized carbons (Fsp3) is 0.357. The van der Waals surface area contributed by atoms with Gasteiger partial charge < -0.3 is 9.47 Å². The molecule has 104 valence electrons. The maximum atomic E-state index is 11.7. The predicted octanol–water partition coefficient (Wildman–Crippen LogP) is 1.16. The van der Waals surface area contributed by atoms with Gasteiger partial charge in [-0.05, 0) is 24.6 Å². The molecule has 0 spiro atoms. The van der Waals surface area contributed by atoms with E-state index in [2.05, 4.69) is 10.5 Å². The summed E-state index contributed by atoms with van der Waals surface area (Å²) in [6, 6.07) is 8.90. The van der Waals surface area contributed by atoms with E-state index < -0.39 is 5.79 Å². The van der Waals surface area contributed by atoms with Crippen LogP contribution in [0.5, 0.6) is 0 Å². The molecule has 0 radical (unpaired) electrons. The summed E-state index contributed by atoms with van der Waals surface area (Å²) in [6.07, 6.45) is 1.61. The Hall–Kier alpha value is -2.23. The zero-order chi connectivity index (χ0) is 14.4. The van der Waals surface area contributed by atoms with E-state index in [0.717, 1.165) is 5.56 Å². The van der Waals surface area contributed by atoms with Crippen molar-refractivity contribution in [3.05, 3.63) is 35.4 Å². The Morgan fingerprint density at radius 2 is 2.10 bits per heavy atom. The number of nitrogens with zero attached hydrogens (tertiary/aromatic N) is 2. The van der Waals surface area contributed by atoms with Crippen LogP contribution < -0.4 is 5.43 Å². The van der Waals surface area contributed by atoms with Crippen LogP contribution in [0.1, 0.15) is 24.5 Å².